The Labute approximate surface area is 116 Å². The van der Waals surface area contributed by atoms with Crippen LogP contribution >= 0.6 is 15.9 Å². The Kier molecular flexibility index (Phi) is 3.45. The molecular formula is C14H19BrFNO. The fraction of sp³-hybridized carbons (Fsp3) is 0.571. The van der Waals surface area contributed by atoms with E-state index in [-0.39, 0.29) is 23.1 Å². The number of halogens is 2. The van der Waals surface area contributed by atoms with Crippen LogP contribution in [0.15, 0.2) is 22.7 Å². The van der Waals surface area contributed by atoms with Crippen molar-refractivity contribution in [3.8, 4) is 0 Å². The van der Waals surface area contributed by atoms with Crippen LogP contribution in [0.4, 0.5) is 10.1 Å². The summed E-state index contributed by atoms with van der Waals surface area (Å²) >= 11 is 3.26. The molecule has 0 spiro atoms. The van der Waals surface area contributed by atoms with E-state index in [9.17, 15) is 4.39 Å². The number of ether oxygens (including phenoxy) is 1. The van der Waals surface area contributed by atoms with Crippen LogP contribution in [-0.2, 0) is 4.74 Å². The molecule has 0 bridgehead atoms. The van der Waals surface area contributed by atoms with Crippen molar-refractivity contribution in [2.24, 2.45) is 0 Å². The maximum absolute atomic E-state index is 13.8. The lowest BCUT2D eigenvalue weighted by Crippen LogP contribution is -2.38. The van der Waals surface area contributed by atoms with Crippen molar-refractivity contribution in [1.29, 1.82) is 0 Å². The summed E-state index contributed by atoms with van der Waals surface area (Å²) in [5.74, 6) is -0.245. The fourth-order valence-electron chi connectivity index (χ4n) is 2.58. The minimum absolute atomic E-state index is 0.100. The Hall–Kier alpha value is -0.610. The van der Waals surface area contributed by atoms with Gasteiger partial charge in [-0.3, -0.25) is 0 Å². The van der Waals surface area contributed by atoms with Gasteiger partial charge in [0.25, 0.3) is 0 Å². The highest BCUT2D eigenvalue weighted by molar-refractivity contribution is 9.10. The van der Waals surface area contributed by atoms with Crippen LogP contribution in [-0.4, -0.2) is 17.2 Å². The molecule has 100 valence electrons. The fourth-order valence-corrected chi connectivity index (χ4v) is 2.91. The van der Waals surface area contributed by atoms with E-state index in [4.69, 9.17) is 4.74 Å². The zero-order valence-electron chi connectivity index (χ0n) is 11.2. The molecule has 1 aliphatic heterocycles. The minimum Gasteiger partial charge on any atom is -0.377 e. The first-order chi connectivity index (χ1) is 8.20. The van der Waals surface area contributed by atoms with Crippen LogP contribution in [0.1, 0.15) is 34.1 Å². The third-order valence-corrected chi connectivity index (χ3v) is 3.83. The molecule has 1 N–H and O–H groups in total. The van der Waals surface area contributed by atoms with Gasteiger partial charge in [0.15, 0.2) is 0 Å². The summed E-state index contributed by atoms with van der Waals surface area (Å²) in [7, 11) is 0. The summed E-state index contributed by atoms with van der Waals surface area (Å²) in [6, 6.07) is 5.15. The van der Waals surface area contributed by atoms with E-state index >= 15 is 0 Å². The monoisotopic (exact) mass is 315 g/mol. The first-order valence-electron chi connectivity index (χ1n) is 6.11. The molecule has 1 aromatic carbocycles. The van der Waals surface area contributed by atoms with Crippen LogP contribution in [0.5, 0.6) is 0 Å². The molecule has 18 heavy (non-hydrogen) atoms. The van der Waals surface area contributed by atoms with Crippen molar-refractivity contribution < 1.29 is 9.13 Å². The Bertz CT molecular complexity index is 459. The Morgan fingerprint density at radius 1 is 1.33 bits per heavy atom. The van der Waals surface area contributed by atoms with Gasteiger partial charge in [-0.1, -0.05) is 15.9 Å². The van der Waals surface area contributed by atoms with Gasteiger partial charge in [-0.2, -0.15) is 0 Å². The van der Waals surface area contributed by atoms with Crippen molar-refractivity contribution in [1.82, 2.24) is 0 Å². The number of hydrogen-bond acceptors (Lipinski definition) is 2. The van der Waals surface area contributed by atoms with Gasteiger partial charge >= 0.3 is 0 Å². The van der Waals surface area contributed by atoms with Gasteiger partial charge in [0.2, 0.25) is 0 Å². The number of nitrogens with one attached hydrogen (secondary N) is 1. The van der Waals surface area contributed by atoms with Crippen LogP contribution in [0, 0.1) is 5.82 Å². The van der Waals surface area contributed by atoms with Gasteiger partial charge in [0, 0.05) is 4.47 Å². The van der Waals surface area contributed by atoms with Crippen LogP contribution in [0.2, 0.25) is 0 Å². The molecule has 1 fully saturated rings. The lowest BCUT2D eigenvalue weighted by molar-refractivity contribution is -0.0662. The lowest BCUT2D eigenvalue weighted by atomic mass is 9.94. The molecule has 1 atom stereocenters. The molecule has 1 heterocycles. The van der Waals surface area contributed by atoms with E-state index in [1.165, 1.54) is 6.07 Å². The second kappa shape index (κ2) is 4.49. The quantitative estimate of drug-likeness (QED) is 0.876. The first kappa shape index (κ1) is 13.8. The van der Waals surface area contributed by atoms with Gasteiger partial charge in [-0.05, 0) is 52.3 Å². The van der Waals surface area contributed by atoms with E-state index in [0.717, 1.165) is 10.9 Å². The highest BCUT2D eigenvalue weighted by Crippen LogP contribution is 2.39. The van der Waals surface area contributed by atoms with Gasteiger partial charge in [0.1, 0.15) is 5.82 Å². The first-order valence-corrected chi connectivity index (χ1v) is 6.91. The molecule has 1 aromatic rings. The molecule has 0 amide bonds. The third kappa shape index (κ3) is 2.86. The van der Waals surface area contributed by atoms with E-state index in [1.807, 2.05) is 19.9 Å². The lowest BCUT2D eigenvalue weighted by Gasteiger charge is -2.28. The van der Waals surface area contributed by atoms with E-state index in [1.54, 1.807) is 6.07 Å². The summed E-state index contributed by atoms with van der Waals surface area (Å²) in [5, 5.41) is 3.26. The van der Waals surface area contributed by atoms with Gasteiger partial charge in [0.05, 0.1) is 22.9 Å². The van der Waals surface area contributed by atoms with Gasteiger partial charge in [-0.25, -0.2) is 4.39 Å². The largest absolute Gasteiger partial charge is 0.377 e. The number of rotatable bonds is 2. The summed E-state index contributed by atoms with van der Waals surface area (Å²) in [4.78, 5) is 0. The Balaban J connectivity index is 2.19. The Morgan fingerprint density at radius 2 is 2.00 bits per heavy atom. The van der Waals surface area contributed by atoms with Gasteiger partial charge in [-0.15, -0.1) is 0 Å². The average Bonchev–Trinajstić information content (AvgIpc) is 2.39. The van der Waals surface area contributed by atoms with Crippen molar-refractivity contribution in [3.63, 3.8) is 0 Å². The standard InChI is InChI=1S/C14H19BrFNO/c1-13(2)8-12(14(3,4)18-13)17-11-6-5-9(15)7-10(11)16/h5-7,12,17H,8H2,1-4H3. The van der Waals surface area contributed by atoms with E-state index in [0.29, 0.717) is 5.69 Å². The smallest absolute Gasteiger partial charge is 0.147 e. The average molecular weight is 316 g/mol. The molecule has 4 heteroatoms. The molecule has 0 radical (unpaired) electrons. The van der Waals surface area contributed by atoms with Crippen molar-refractivity contribution >= 4 is 21.6 Å². The summed E-state index contributed by atoms with van der Waals surface area (Å²) in [5.41, 5.74) is 0.0494. The highest BCUT2D eigenvalue weighted by atomic mass is 79.9. The molecule has 2 rings (SSSR count). The maximum atomic E-state index is 13.8. The number of hydrogen-bond donors (Lipinski definition) is 1. The molecule has 1 unspecified atom stereocenters. The highest BCUT2D eigenvalue weighted by Gasteiger charge is 2.45. The van der Waals surface area contributed by atoms with Crippen LogP contribution in [0.25, 0.3) is 0 Å². The summed E-state index contributed by atoms with van der Waals surface area (Å²) < 4.78 is 20.5. The topological polar surface area (TPSA) is 21.3 Å². The third-order valence-electron chi connectivity index (χ3n) is 3.34. The second-order valence-electron chi connectivity index (χ2n) is 5.99. The van der Waals surface area contributed by atoms with Crippen molar-refractivity contribution in [2.75, 3.05) is 5.32 Å². The molecular weight excluding hydrogens is 297 g/mol. The predicted octanol–water partition coefficient (Wildman–Crippen LogP) is 4.35. The zero-order chi connectivity index (χ0) is 13.6. The minimum atomic E-state index is -0.303. The SMILES string of the molecule is CC1(C)CC(Nc2ccc(Br)cc2F)C(C)(C)O1. The zero-order valence-corrected chi connectivity index (χ0v) is 12.8. The maximum Gasteiger partial charge on any atom is 0.147 e. The molecule has 0 aliphatic carbocycles. The molecule has 1 saturated heterocycles. The normalized spacial score (nSPS) is 25.1. The summed E-state index contributed by atoms with van der Waals surface area (Å²) in [6.07, 6.45) is 0.857. The van der Waals surface area contributed by atoms with Crippen molar-refractivity contribution in [3.05, 3.63) is 28.5 Å². The van der Waals surface area contributed by atoms with Gasteiger partial charge < -0.3 is 10.1 Å². The van der Waals surface area contributed by atoms with Crippen LogP contribution in [0.3, 0.4) is 0 Å². The molecule has 0 aromatic heterocycles. The second-order valence-corrected chi connectivity index (χ2v) is 6.91. The van der Waals surface area contributed by atoms with E-state index < -0.39 is 0 Å². The predicted molar refractivity (Wildman–Crippen MR) is 75.4 cm³/mol. The molecule has 1 aliphatic rings. The molecule has 0 saturated carbocycles. The number of anilines is 1. The van der Waals surface area contributed by atoms with Crippen molar-refractivity contribution in [2.45, 2.75) is 51.4 Å². The summed E-state index contributed by atoms with van der Waals surface area (Å²) in [6.45, 7) is 8.20. The molecule has 2 nitrogen and oxygen atoms in total. The van der Waals surface area contributed by atoms with E-state index in [2.05, 4.69) is 35.1 Å². The Morgan fingerprint density at radius 3 is 2.50 bits per heavy atom. The number of benzene rings is 1. The van der Waals surface area contributed by atoms with Crippen LogP contribution < -0.4 is 5.32 Å².